The highest BCUT2D eigenvalue weighted by molar-refractivity contribution is 6.65. The van der Waals surface area contributed by atoms with Gasteiger partial charge in [-0.05, 0) is 45.9 Å². The molecule has 2 heterocycles. The van der Waals surface area contributed by atoms with Crippen molar-refractivity contribution in [2.45, 2.75) is 38.9 Å². The number of aryl methyl sites for hydroxylation is 1. The van der Waals surface area contributed by atoms with Crippen LogP contribution in [-0.4, -0.2) is 22.9 Å². The van der Waals surface area contributed by atoms with E-state index in [9.17, 15) is 0 Å². The molecule has 1 aliphatic heterocycles. The summed E-state index contributed by atoms with van der Waals surface area (Å²) in [6.45, 7) is 8.24. The van der Waals surface area contributed by atoms with Crippen molar-refractivity contribution in [3.63, 3.8) is 0 Å². The number of fused-ring (bicyclic) bond motifs is 1. The third-order valence-electron chi connectivity index (χ3n) is 4.49. The maximum atomic E-state index is 6.13. The molecule has 0 N–H and O–H groups in total. The molecule has 0 atom stereocenters. The van der Waals surface area contributed by atoms with Crippen molar-refractivity contribution < 1.29 is 9.31 Å². The molecule has 2 aromatic rings. The largest absolute Gasteiger partial charge is 0.497 e. The van der Waals surface area contributed by atoms with Gasteiger partial charge in [-0.25, -0.2) is 0 Å². The quantitative estimate of drug-likeness (QED) is 0.754. The van der Waals surface area contributed by atoms with Crippen LogP contribution < -0.4 is 5.46 Å². The topological polar surface area (TPSA) is 23.4 Å². The fraction of sp³-hybridized carbons (Fsp3) is 0.467. The van der Waals surface area contributed by atoms with Crippen molar-refractivity contribution in [2.24, 2.45) is 7.05 Å². The zero-order chi connectivity index (χ0) is 14.7. The summed E-state index contributed by atoms with van der Waals surface area (Å²) >= 11 is 6.13. The van der Waals surface area contributed by atoms with Crippen molar-refractivity contribution >= 4 is 35.1 Å². The summed E-state index contributed by atoms with van der Waals surface area (Å²) < 4.78 is 14.3. The number of aromatic nitrogens is 1. The van der Waals surface area contributed by atoms with Crippen molar-refractivity contribution in [1.82, 2.24) is 4.57 Å². The average Bonchev–Trinajstić information content (AvgIpc) is 2.74. The van der Waals surface area contributed by atoms with Crippen molar-refractivity contribution in [1.29, 1.82) is 0 Å². The molecule has 0 spiro atoms. The van der Waals surface area contributed by atoms with Crippen LogP contribution in [-0.2, 0) is 16.4 Å². The number of hydrogen-bond donors (Lipinski definition) is 0. The van der Waals surface area contributed by atoms with Crippen molar-refractivity contribution in [2.75, 3.05) is 0 Å². The van der Waals surface area contributed by atoms with E-state index in [2.05, 4.69) is 38.5 Å². The maximum absolute atomic E-state index is 6.13. The number of benzene rings is 1. The van der Waals surface area contributed by atoms with Crippen LogP contribution in [0.3, 0.4) is 0 Å². The summed E-state index contributed by atoms with van der Waals surface area (Å²) in [6.07, 6.45) is 2.06. The molecule has 3 rings (SSSR count). The Morgan fingerprint density at radius 1 is 1.10 bits per heavy atom. The molecule has 0 radical (unpaired) electrons. The molecule has 1 aromatic carbocycles. The van der Waals surface area contributed by atoms with Crippen LogP contribution in [0.25, 0.3) is 10.9 Å². The molecule has 1 saturated heterocycles. The van der Waals surface area contributed by atoms with E-state index >= 15 is 0 Å². The second-order valence-corrected chi connectivity index (χ2v) is 6.88. The van der Waals surface area contributed by atoms with Gasteiger partial charge in [0.05, 0.1) is 11.2 Å². The Morgan fingerprint density at radius 2 is 1.70 bits per heavy atom. The first kappa shape index (κ1) is 14.0. The van der Waals surface area contributed by atoms with Crippen molar-refractivity contribution in [3.8, 4) is 0 Å². The van der Waals surface area contributed by atoms with E-state index in [1.165, 1.54) is 0 Å². The van der Waals surface area contributed by atoms with Crippen LogP contribution in [0.15, 0.2) is 24.4 Å². The summed E-state index contributed by atoms with van der Waals surface area (Å²) in [5, 5.41) is 1.81. The van der Waals surface area contributed by atoms with Gasteiger partial charge in [-0.15, -0.1) is 0 Å². The summed E-state index contributed by atoms with van der Waals surface area (Å²) in [6, 6.07) is 5.89. The molecule has 0 aliphatic carbocycles. The molecule has 0 unspecified atom stereocenters. The van der Waals surface area contributed by atoms with E-state index in [1.54, 1.807) is 0 Å². The van der Waals surface area contributed by atoms with E-state index in [0.717, 1.165) is 21.4 Å². The highest BCUT2D eigenvalue weighted by Crippen LogP contribution is 2.37. The molecular weight excluding hydrogens is 272 g/mol. The molecule has 0 bridgehead atoms. The second-order valence-electron chi connectivity index (χ2n) is 6.45. The molecule has 20 heavy (non-hydrogen) atoms. The first-order valence-corrected chi connectivity index (χ1v) is 7.19. The highest BCUT2D eigenvalue weighted by atomic mass is 35.5. The number of hydrogen-bond acceptors (Lipinski definition) is 2. The standard InChI is InChI=1S/C15H19BClNO2/c1-14(2)15(3,4)20-16(19-14)12-9-18(5)13-7-6-10(17)8-11(12)13/h6-9H,1-5H3. The van der Waals surface area contributed by atoms with Crippen LogP contribution in [0, 0.1) is 0 Å². The van der Waals surface area contributed by atoms with Gasteiger partial charge in [-0.2, -0.15) is 0 Å². The Hall–Kier alpha value is -0.965. The SMILES string of the molecule is Cn1cc(B2OC(C)(C)C(C)(C)O2)c2cc(Cl)ccc21. The molecule has 0 saturated carbocycles. The third kappa shape index (κ3) is 1.98. The Morgan fingerprint density at radius 3 is 2.30 bits per heavy atom. The van der Waals surface area contributed by atoms with Crippen LogP contribution >= 0.6 is 11.6 Å². The first-order chi connectivity index (χ1) is 9.21. The number of nitrogens with zero attached hydrogens (tertiary/aromatic N) is 1. The Balaban J connectivity index is 2.10. The number of rotatable bonds is 1. The average molecular weight is 292 g/mol. The predicted octanol–water partition coefficient (Wildman–Crippen LogP) is 3.13. The Bertz CT molecular complexity index is 662. The van der Waals surface area contributed by atoms with E-state index in [4.69, 9.17) is 20.9 Å². The van der Waals surface area contributed by atoms with Gasteiger partial charge >= 0.3 is 7.12 Å². The van der Waals surface area contributed by atoms with Gasteiger partial charge in [-0.1, -0.05) is 11.6 Å². The minimum atomic E-state index is -0.359. The van der Waals surface area contributed by atoms with E-state index < -0.39 is 0 Å². The van der Waals surface area contributed by atoms with E-state index in [0.29, 0.717) is 0 Å². The summed E-state index contributed by atoms with van der Waals surface area (Å²) in [5.41, 5.74) is 1.49. The van der Waals surface area contributed by atoms with Gasteiger partial charge < -0.3 is 13.9 Å². The molecule has 1 fully saturated rings. The summed E-state index contributed by atoms with van der Waals surface area (Å²) in [7, 11) is 1.66. The van der Waals surface area contributed by atoms with Gasteiger partial charge in [0.2, 0.25) is 0 Å². The number of halogens is 1. The van der Waals surface area contributed by atoms with Crippen LogP contribution in [0.4, 0.5) is 0 Å². The maximum Gasteiger partial charge on any atom is 0.497 e. The van der Waals surface area contributed by atoms with Gasteiger partial charge in [0, 0.05) is 34.6 Å². The summed E-state index contributed by atoms with van der Waals surface area (Å²) in [4.78, 5) is 0. The lowest BCUT2D eigenvalue weighted by molar-refractivity contribution is 0.00578. The van der Waals surface area contributed by atoms with Gasteiger partial charge in [-0.3, -0.25) is 0 Å². The highest BCUT2D eigenvalue weighted by Gasteiger charge is 2.52. The molecule has 3 nitrogen and oxygen atoms in total. The van der Waals surface area contributed by atoms with Crippen LogP contribution in [0.2, 0.25) is 5.02 Å². The minimum absolute atomic E-state index is 0.335. The van der Waals surface area contributed by atoms with Gasteiger partial charge in [0.15, 0.2) is 0 Å². The predicted molar refractivity (Wildman–Crippen MR) is 83.6 cm³/mol. The lowest BCUT2D eigenvalue weighted by atomic mass is 9.79. The van der Waals surface area contributed by atoms with Gasteiger partial charge in [0.25, 0.3) is 0 Å². The monoisotopic (exact) mass is 291 g/mol. The molecule has 1 aliphatic rings. The molecular formula is C15H19BClNO2. The third-order valence-corrected chi connectivity index (χ3v) is 4.72. The van der Waals surface area contributed by atoms with Crippen molar-refractivity contribution in [3.05, 3.63) is 29.4 Å². The van der Waals surface area contributed by atoms with Gasteiger partial charge in [0.1, 0.15) is 0 Å². The smallest absolute Gasteiger partial charge is 0.399 e. The molecule has 1 aromatic heterocycles. The molecule has 0 amide bonds. The Labute approximate surface area is 125 Å². The summed E-state index contributed by atoms with van der Waals surface area (Å²) in [5.74, 6) is 0. The lowest BCUT2D eigenvalue weighted by Gasteiger charge is -2.32. The van der Waals surface area contributed by atoms with E-state index in [1.807, 2.05) is 25.2 Å². The zero-order valence-corrected chi connectivity index (χ0v) is 13.3. The van der Waals surface area contributed by atoms with Crippen LogP contribution in [0.1, 0.15) is 27.7 Å². The fourth-order valence-corrected chi connectivity index (χ4v) is 2.72. The van der Waals surface area contributed by atoms with Crippen LogP contribution in [0.5, 0.6) is 0 Å². The normalized spacial score (nSPS) is 20.8. The first-order valence-electron chi connectivity index (χ1n) is 6.81. The molecule has 5 heteroatoms. The second kappa shape index (κ2) is 4.26. The zero-order valence-electron chi connectivity index (χ0n) is 12.5. The molecule has 106 valence electrons. The lowest BCUT2D eigenvalue weighted by Crippen LogP contribution is -2.41. The van der Waals surface area contributed by atoms with E-state index in [-0.39, 0.29) is 18.3 Å². The Kier molecular flexibility index (Phi) is 2.98. The fourth-order valence-electron chi connectivity index (χ4n) is 2.55. The minimum Gasteiger partial charge on any atom is -0.399 e.